The molecule has 1 aliphatic rings. The first-order chi connectivity index (χ1) is 11.6. The summed E-state index contributed by atoms with van der Waals surface area (Å²) in [6.07, 6.45) is 2.34. The topological polar surface area (TPSA) is 68.2 Å². The number of urea groups is 1. The van der Waals surface area contributed by atoms with E-state index in [9.17, 15) is 4.79 Å². The Labute approximate surface area is 142 Å². The number of hydrogen-bond acceptors (Lipinski definition) is 3. The van der Waals surface area contributed by atoms with Gasteiger partial charge in [0.05, 0.1) is 24.0 Å². The maximum Gasteiger partial charge on any atom is 0.320 e. The molecule has 1 aliphatic carbocycles. The van der Waals surface area contributed by atoms with Crippen molar-refractivity contribution in [1.29, 1.82) is 0 Å². The first kappa shape index (κ1) is 16.5. The molecule has 0 spiro atoms. The summed E-state index contributed by atoms with van der Waals surface area (Å²) in [5.74, 6) is 1.25. The lowest BCUT2D eigenvalue weighted by atomic mass is 10.2. The summed E-state index contributed by atoms with van der Waals surface area (Å²) in [7, 11) is 1.62. The van der Waals surface area contributed by atoms with Crippen molar-refractivity contribution in [2.24, 2.45) is 0 Å². The summed E-state index contributed by atoms with van der Waals surface area (Å²) in [6, 6.07) is 9.56. The zero-order valence-electron chi connectivity index (χ0n) is 14.4. The number of ether oxygens (including phenoxy) is 1. The number of hydrogen-bond donors (Lipinski definition) is 2. The Bertz CT molecular complexity index is 707. The van der Waals surface area contributed by atoms with Crippen LogP contribution in [0.25, 0.3) is 5.69 Å². The molecule has 1 heterocycles. The van der Waals surface area contributed by atoms with E-state index < -0.39 is 0 Å². The lowest BCUT2D eigenvalue weighted by Crippen LogP contribution is -2.39. The van der Waals surface area contributed by atoms with Gasteiger partial charge >= 0.3 is 6.03 Å². The quantitative estimate of drug-likeness (QED) is 0.855. The molecular weight excluding hydrogens is 304 g/mol. The Morgan fingerprint density at radius 1 is 1.38 bits per heavy atom. The SMILES string of the molecule is COCC(C)NC(=O)Nc1c(C)c(C2CC2)nn1-c1ccccc1. The number of para-hydroxylation sites is 1. The number of benzene rings is 1. The number of rotatable bonds is 6. The van der Waals surface area contributed by atoms with Crippen molar-refractivity contribution < 1.29 is 9.53 Å². The molecule has 1 aromatic heterocycles. The van der Waals surface area contributed by atoms with Crippen molar-refractivity contribution in [3.63, 3.8) is 0 Å². The number of carbonyl (C=O) groups is 1. The van der Waals surface area contributed by atoms with Gasteiger partial charge in [-0.25, -0.2) is 9.48 Å². The summed E-state index contributed by atoms with van der Waals surface area (Å²) < 4.78 is 6.88. The van der Waals surface area contributed by atoms with Crippen molar-refractivity contribution in [2.45, 2.75) is 38.6 Å². The predicted molar refractivity (Wildman–Crippen MR) is 93.8 cm³/mol. The summed E-state index contributed by atoms with van der Waals surface area (Å²) >= 11 is 0. The Hall–Kier alpha value is -2.34. The Morgan fingerprint density at radius 2 is 2.08 bits per heavy atom. The Balaban J connectivity index is 1.87. The summed E-state index contributed by atoms with van der Waals surface area (Å²) in [5.41, 5.74) is 3.06. The van der Waals surface area contributed by atoms with E-state index in [1.807, 2.05) is 48.9 Å². The molecule has 0 radical (unpaired) electrons. The highest BCUT2D eigenvalue weighted by Gasteiger charge is 2.31. The van der Waals surface area contributed by atoms with Gasteiger partial charge < -0.3 is 10.1 Å². The molecule has 2 amide bonds. The molecule has 2 aromatic rings. The van der Waals surface area contributed by atoms with Crippen LogP contribution in [0.5, 0.6) is 0 Å². The number of nitrogens with one attached hydrogen (secondary N) is 2. The number of amides is 2. The zero-order chi connectivity index (χ0) is 17.1. The fraction of sp³-hybridized carbons (Fsp3) is 0.444. The molecule has 1 saturated carbocycles. The van der Waals surface area contributed by atoms with Crippen LogP contribution in [0.1, 0.15) is 36.9 Å². The highest BCUT2D eigenvalue weighted by atomic mass is 16.5. The molecular formula is C18H24N4O2. The van der Waals surface area contributed by atoms with Crippen molar-refractivity contribution in [1.82, 2.24) is 15.1 Å². The standard InChI is InChI=1S/C18H24N4O2/c1-12(11-24-3)19-18(23)20-17-13(2)16(14-9-10-14)21-22(17)15-7-5-4-6-8-15/h4-8,12,14H,9-11H2,1-3H3,(H2,19,20,23). The molecule has 1 unspecified atom stereocenters. The number of aromatic nitrogens is 2. The van der Waals surface area contributed by atoms with Gasteiger partial charge in [-0.05, 0) is 38.8 Å². The van der Waals surface area contributed by atoms with Crippen LogP contribution < -0.4 is 10.6 Å². The van der Waals surface area contributed by atoms with Crippen LogP contribution in [-0.4, -0.2) is 35.6 Å². The van der Waals surface area contributed by atoms with Gasteiger partial charge in [-0.2, -0.15) is 5.10 Å². The highest BCUT2D eigenvalue weighted by molar-refractivity contribution is 5.89. The van der Waals surface area contributed by atoms with Gasteiger partial charge in [0.25, 0.3) is 0 Å². The third kappa shape index (κ3) is 3.59. The Kier molecular flexibility index (Phi) is 4.85. The summed E-state index contributed by atoms with van der Waals surface area (Å²) in [4.78, 5) is 12.3. The van der Waals surface area contributed by atoms with Gasteiger partial charge in [-0.1, -0.05) is 18.2 Å². The predicted octanol–water partition coefficient (Wildman–Crippen LogP) is 3.21. The van der Waals surface area contributed by atoms with Crippen LogP contribution in [-0.2, 0) is 4.74 Å². The van der Waals surface area contributed by atoms with Gasteiger partial charge in [-0.15, -0.1) is 0 Å². The Morgan fingerprint density at radius 3 is 2.71 bits per heavy atom. The summed E-state index contributed by atoms with van der Waals surface area (Å²) in [5, 5.41) is 10.6. The lowest BCUT2D eigenvalue weighted by Gasteiger charge is -2.15. The fourth-order valence-electron chi connectivity index (χ4n) is 2.82. The second kappa shape index (κ2) is 7.05. The van der Waals surface area contributed by atoms with Crippen molar-refractivity contribution in [2.75, 3.05) is 19.0 Å². The number of anilines is 1. The average Bonchev–Trinajstić information content (AvgIpc) is 3.35. The minimum Gasteiger partial charge on any atom is -0.383 e. The van der Waals surface area contributed by atoms with Crippen molar-refractivity contribution in [3.05, 3.63) is 41.6 Å². The van der Waals surface area contributed by atoms with Crippen LogP contribution in [0.15, 0.2) is 30.3 Å². The molecule has 1 atom stereocenters. The van der Waals surface area contributed by atoms with Crippen molar-refractivity contribution >= 4 is 11.8 Å². The minimum absolute atomic E-state index is 0.0636. The molecule has 1 fully saturated rings. The molecule has 3 rings (SSSR count). The molecule has 128 valence electrons. The normalized spacial score (nSPS) is 15.1. The average molecular weight is 328 g/mol. The first-order valence-electron chi connectivity index (χ1n) is 8.31. The van der Waals surface area contributed by atoms with Crippen LogP contribution >= 0.6 is 0 Å². The molecule has 2 N–H and O–H groups in total. The fourth-order valence-corrected chi connectivity index (χ4v) is 2.82. The largest absolute Gasteiger partial charge is 0.383 e. The van der Waals surface area contributed by atoms with Crippen LogP contribution in [0.3, 0.4) is 0 Å². The molecule has 0 bridgehead atoms. The number of carbonyl (C=O) groups excluding carboxylic acids is 1. The molecule has 6 nitrogen and oxygen atoms in total. The third-order valence-electron chi connectivity index (χ3n) is 4.15. The monoisotopic (exact) mass is 328 g/mol. The zero-order valence-corrected chi connectivity index (χ0v) is 14.4. The third-order valence-corrected chi connectivity index (χ3v) is 4.15. The maximum atomic E-state index is 12.3. The van der Waals surface area contributed by atoms with E-state index in [1.165, 1.54) is 12.8 Å². The van der Waals surface area contributed by atoms with Crippen LogP contribution in [0, 0.1) is 6.92 Å². The first-order valence-corrected chi connectivity index (χ1v) is 8.31. The van der Waals surface area contributed by atoms with Gasteiger partial charge in [-0.3, -0.25) is 5.32 Å². The van der Waals surface area contributed by atoms with E-state index in [-0.39, 0.29) is 12.1 Å². The van der Waals surface area contributed by atoms with Gasteiger partial charge in [0.1, 0.15) is 5.82 Å². The van der Waals surface area contributed by atoms with E-state index >= 15 is 0 Å². The highest BCUT2D eigenvalue weighted by Crippen LogP contribution is 2.42. The molecule has 6 heteroatoms. The summed E-state index contributed by atoms with van der Waals surface area (Å²) in [6.45, 7) is 4.39. The second-order valence-electron chi connectivity index (χ2n) is 6.34. The minimum atomic E-state index is -0.248. The smallest absolute Gasteiger partial charge is 0.320 e. The molecule has 0 aliphatic heterocycles. The van der Waals surface area contributed by atoms with E-state index in [0.29, 0.717) is 12.5 Å². The maximum absolute atomic E-state index is 12.3. The van der Waals surface area contributed by atoms with E-state index in [2.05, 4.69) is 10.6 Å². The van der Waals surface area contributed by atoms with E-state index in [1.54, 1.807) is 7.11 Å². The molecule has 24 heavy (non-hydrogen) atoms. The van der Waals surface area contributed by atoms with Gasteiger partial charge in [0.15, 0.2) is 0 Å². The molecule has 0 saturated heterocycles. The molecule has 1 aromatic carbocycles. The lowest BCUT2D eigenvalue weighted by molar-refractivity contribution is 0.173. The van der Waals surface area contributed by atoms with Gasteiger partial charge in [0.2, 0.25) is 0 Å². The number of methoxy groups -OCH3 is 1. The van der Waals surface area contributed by atoms with Gasteiger partial charge in [0, 0.05) is 18.6 Å². The van der Waals surface area contributed by atoms with E-state index in [0.717, 1.165) is 22.8 Å². The van der Waals surface area contributed by atoms with Crippen LogP contribution in [0.2, 0.25) is 0 Å². The van der Waals surface area contributed by atoms with Crippen LogP contribution in [0.4, 0.5) is 10.6 Å². The van der Waals surface area contributed by atoms with Crippen molar-refractivity contribution in [3.8, 4) is 5.69 Å². The number of nitrogens with zero attached hydrogens (tertiary/aromatic N) is 2. The second-order valence-corrected chi connectivity index (χ2v) is 6.34. The van der Waals surface area contributed by atoms with E-state index in [4.69, 9.17) is 9.84 Å².